The fourth-order valence-corrected chi connectivity index (χ4v) is 3.75. The van der Waals surface area contributed by atoms with Gasteiger partial charge in [0.05, 0.1) is 10.7 Å². The van der Waals surface area contributed by atoms with Crippen LogP contribution in [0.2, 0.25) is 10.0 Å². The standard InChI is InChI=1S/C22H15Cl2NOS/c1-14-2-4-15(5-3-14)20-13-27-22(25-20)11-8-17-7-10-21(26-17)18-12-16(23)6-9-19(18)24/h2-13H,1H3. The van der Waals surface area contributed by atoms with Crippen LogP contribution in [0, 0.1) is 6.92 Å². The predicted octanol–water partition coefficient (Wildman–Crippen LogP) is 7.86. The van der Waals surface area contributed by atoms with Crippen molar-refractivity contribution in [3.63, 3.8) is 0 Å². The van der Waals surface area contributed by atoms with E-state index in [2.05, 4.69) is 41.6 Å². The third kappa shape index (κ3) is 4.16. The van der Waals surface area contributed by atoms with E-state index in [1.165, 1.54) is 5.56 Å². The van der Waals surface area contributed by atoms with Crippen molar-refractivity contribution in [2.24, 2.45) is 0 Å². The lowest BCUT2D eigenvalue weighted by molar-refractivity contribution is 0.572. The molecule has 0 atom stereocenters. The highest BCUT2D eigenvalue weighted by Gasteiger charge is 2.09. The molecule has 0 saturated heterocycles. The SMILES string of the molecule is Cc1ccc(-c2csc(C=Cc3ccc(-c4cc(Cl)ccc4Cl)o3)n2)cc1. The Morgan fingerprint density at radius 1 is 0.963 bits per heavy atom. The van der Waals surface area contributed by atoms with Gasteiger partial charge < -0.3 is 4.42 Å². The average Bonchev–Trinajstić information content (AvgIpc) is 3.32. The summed E-state index contributed by atoms with van der Waals surface area (Å²) in [6.45, 7) is 2.08. The summed E-state index contributed by atoms with van der Waals surface area (Å²) in [6, 6.07) is 17.5. The summed E-state index contributed by atoms with van der Waals surface area (Å²) in [7, 11) is 0. The van der Waals surface area contributed by atoms with Crippen molar-refractivity contribution in [3.05, 3.63) is 86.4 Å². The van der Waals surface area contributed by atoms with E-state index in [-0.39, 0.29) is 0 Å². The van der Waals surface area contributed by atoms with Crippen LogP contribution >= 0.6 is 34.5 Å². The van der Waals surface area contributed by atoms with Gasteiger partial charge in [-0.1, -0.05) is 53.0 Å². The molecule has 0 bridgehead atoms. The first-order valence-electron chi connectivity index (χ1n) is 8.34. The summed E-state index contributed by atoms with van der Waals surface area (Å²) < 4.78 is 5.88. The molecular formula is C22H15Cl2NOS. The highest BCUT2D eigenvalue weighted by atomic mass is 35.5. The Hall–Kier alpha value is -2.33. The molecule has 4 aromatic rings. The second-order valence-corrected chi connectivity index (χ2v) is 7.83. The first-order valence-corrected chi connectivity index (χ1v) is 9.98. The molecule has 0 fully saturated rings. The Labute approximate surface area is 171 Å². The molecular weight excluding hydrogens is 397 g/mol. The van der Waals surface area contributed by atoms with Gasteiger partial charge in [0, 0.05) is 21.5 Å². The smallest absolute Gasteiger partial charge is 0.136 e. The number of hydrogen-bond donors (Lipinski definition) is 0. The van der Waals surface area contributed by atoms with Crippen LogP contribution in [0.5, 0.6) is 0 Å². The van der Waals surface area contributed by atoms with Gasteiger partial charge in [0.1, 0.15) is 16.5 Å². The second-order valence-electron chi connectivity index (χ2n) is 6.10. The van der Waals surface area contributed by atoms with Crippen molar-refractivity contribution in [1.82, 2.24) is 4.98 Å². The number of benzene rings is 2. The molecule has 0 amide bonds. The van der Waals surface area contributed by atoms with E-state index in [1.54, 1.807) is 29.5 Å². The number of thiazole rings is 1. The molecule has 0 aliphatic heterocycles. The van der Waals surface area contributed by atoms with Gasteiger partial charge in [-0.2, -0.15) is 0 Å². The number of aromatic nitrogens is 1. The maximum atomic E-state index is 6.24. The minimum absolute atomic E-state index is 0.604. The first kappa shape index (κ1) is 18.1. The average molecular weight is 412 g/mol. The molecule has 0 N–H and O–H groups in total. The molecule has 0 aliphatic rings. The van der Waals surface area contributed by atoms with E-state index < -0.39 is 0 Å². The number of hydrogen-bond acceptors (Lipinski definition) is 3. The van der Waals surface area contributed by atoms with Crippen LogP contribution in [-0.4, -0.2) is 4.98 Å². The van der Waals surface area contributed by atoms with Crippen molar-refractivity contribution in [2.45, 2.75) is 6.92 Å². The number of nitrogens with zero attached hydrogens (tertiary/aromatic N) is 1. The monoisotopic (exact) mass is 411 g/mol. The summed E-state index contributed by atoms with van der Waals surface area (Å²) in [6.07, 6.45) is 3.85. The molecule has 4 rings (SSSR count). The lowest BCUT2D eigenvalue weighted by Gasteiger charge is -2.00. The Bertz CT molecular complexity index is 1110. The van der Waals surface area contributed by atoms with Crippen LogP contribution in [-0.2, 0) is 0 Å². The zero-order chi connectivity index (χ0) is 18.8. The highest BCUT2D eigenvalue weighted by molar-refractivity contribution is 7.10. The third-order valence-corrected chi connectivity index (χ3v) is 5.45. The van der Waals surface area contributed by atoms with Gasteiger partial charge in [-0.25, -0.2) is 4.98 Å². The topological polar surface area (TPSA) is 26.0 Å². The minimum Gasteiger partial charge on any atom is -0.457 e. The third-order valence-electron chi connectivity index (χ3n) is 4.08. The van der Waals surface area contributed by atoms with Crippen LogP contribution in [0.25, 0.3) is 34.7 Å². The Balaban J connectivity index is 1.53. The summed E-state index contributed by atoms with van der Waals surface area (Å²) in [4.78, 5) is 4.67. The molecule has 2 aromatic heterocycles. The van der Waals surface area contributed by atoms with Crippen LogP contribution in [0.15, 0.2) is 64.4 Å². The molecule has 5 heteroatoms. The molecule has 134 valence electrons. The minimum atomic E-state index is 0.604. The molecule has 2 heterocycles. The summed E-state index contributed by atoms with van der Waals surface area (Å²) in [5.41, 5.74) is 4.11. The van der Waals surface area contributed by atoms with Gasteiger partial charge in [0.2, 0.25) is 0 Å². The van der Waals surface area contributed by atoms with Gasteiger partial charge in [0.25, 0.3) is 0 Å². The normalized spacial score (nSPS) is 11.4. The summed E-state index contributed by atoms with van der Waals surface area (Å²) in [5.74, 6) is 1.41. The summed E-state index contributed by atoms with van der Waals surface area (Å²) in [5, 5.41) is 4.20. The lowest BCUT2D eigenvalue weighted by Crippen LogP contribution is -1.78. The largest absolute Gasteiger partial charge is 0.457 e. The van der Waals surface area contributed by atoms with Crippen molar-refractivity contribution in [1.29, 1.82) is 0 Å². The highest BCUT2D eigenvalue weighted by Crippen LogP contribution is 2.32. The Kier molecular flexibility index (Phi) is 5.17. The molecule has 2 nitrogen and oxygen atoms in total. The van der Waals surface area contributed by atoms with Crippen molar-refractivity contribution in [3.8, 4) is 22.6 Å². The van der Waals surface area contributed by atoms with Gasteiger partial charge in [-0.15, -0.1) is 11.3 Å². The second kappa shape index (κ2) is 7.73. The molecule has 0 aliphatic carbocycles. The first-order chi connectivity index (χ1) is 13.1. The maximum Gasteiger partial charge on any atom is 0.136 e. The van der Waals surface area contributed by atoms with Crippen molar-refractivity contribution in [2.75, 3.05) is 0 Å². The van der Waals surface area contributed by atoms with Gasteiger partial charge in [-0.05, 0) is 49.4 Å². The zero-order valence-electron chi connectivity index (χ0n) is 14.4. The number of halogens is 2. The fraction of sp³-hybridized carbons (Fsp3) is 0.0455. The van der Waals surface area contributed by atoms with Crippen LogP contribution in [0.4, 0.5) is 0 Å². The molecule has 0 spiro atoms. The molecule has 27 heavy (non-hydrogen) atoms. The zero-order valence-corrected chi connectivity index (χ0v) is 16.8. The van der Waals surface area contributed by atoms with Crippen LogP contribution < -0.4 is 0 Å². The molecule has 2 aromatic carbocycles. The fourth-order valence-electron chi connectivity index (χ4n) is 2.65. The van der Waals surface area contributed by atoms with Crippen molar-refractivity contribution < 1.29 is 4.42 Å². The number of rotatable bonds is 4. The van der Waals surface area contributed by atoms with Gasteiger partial charge >= 0.3 is 0 Å². The van der Waals surface area contributed by atoms with E-state index in [0.717, 1.165) is 27.6 Å². The van der Waals surface area contributed by atoms with Crippen LogP contribution in [0.3, 0.4) is 0 Å². The maximum absolute atomic E-state index is 6.24. The number of furan rings is 1. The van der Waals surface area contributed by atoms with Crippen LogP contribution in [0.1, 0.15) is 16.3 Å². The van der Waals surface area contributed by atoms with Gasteiger partial charge in [0.15, 0.2) is 0 Å². The lowest BCUT2D eigenvalue weighted by atomic mass is 10.1. The van der Waals surface area contributed by atoms with E-state index in [0.29, 0.717) is 15.8 Å². The van der Waals surface area contributed by atoms with Gasteiger partial charge in [-0.3, -0.25) is 0 Å². The molecule has 0 radical (unpaired) electrons. The number of aryl methyl sites for hydroxylation is 1. The van der Waals surface area contributed by atoms with E-state index in [1.807, 2.05) is 24.3 Å². The molecule has 0 unspecified atom stereocenters. The Morgan fingerprint density at radius 2 is 1.78 bits per heavy atom. The quantitative estimate of drug-likeness (QED) is 0.341. The summed E-state index contributed by atoms with van der Waals surface area (Å²) >= 11 is 13.9. The predicted molar refractivity (Wildman–Crippen MR) is 115 cm³/mol. The van der Waals surface area contributed by atoms with E-state index in [4.69, 9.17) is 27.6 Å². The Morgan fingerprint density at radius 3 is 2.59 bits per heavy atom. The molecule has 0 saturated carbocycles. The van der Waals surface area contributed by atoms with Crippen molar-refractivity contribution >= 4 is 46.7 Å². The van der Waals surface area contributed by atoms with E-state index in [9.17, 15) is 0 Å². The van der Waals surface area contributed by atoms with E-state index >= 15 is 0 Å².